The summed E-state index contributed by atoms with van der Waals surface area (Å²) in [4.78, 5) is 11.9. The predicted molar refractivity (Wildman–Crippen MR) is 65.9 cm³/mol. The van der Waals surface area contributed by atoms with Gasteiger partial charge in [0.1, 0.15) is 11.6 Å². The van der Waals surface area contributed by atoms with Gasteiger partial charge in [-0.3, -0.25) is 4.79 Å². The van der Waals surface area contributed by atoms with Crippen LogP contribution in [0.4, 0.5) is 4.39 Å². The molecule has 1 aromatic carbocycles. The number of carbonyl (C=O) groups is 1. The second-order valence-corrected chi connectivity index (χ2v) is 4.95. The van der Waals surface area contributed by atoms with E-state index in [9.17, 15) is 9.18 Å². The maximum Gasteiger partial charge on any atom is 0.254 e. The van der Waals surface area contributed by atoms with Gasteiger partial charge in [-0.2, -0.15) is 0 Å². The number of nitrogens with one attached hydrogen (secondary N) is 1. The van der Waals surface area contributed by atoms with Crippen molar-refractivity contribution in [3.05, 3.63) is 29.6 Å². The molecule has 1 aliphatic carbocycles. The Bertz CT molecular complexity index is 441. The highest BCUT2D eigenvalue weighted by molar-refractivity contribution is 9.09. The number of rotatable bonds is 3. The second-order valence-electron chi connectivity index (χ2n) is 4.39. The lowest BCUT2D eigenvalue weighted by molar-refractivity contribution is 0.0852. The average Bonchev–Trinajstić information content (AvgIpc) is 2.23. The fourth-order valence-corrected chi connectivity index (χ4v) is 2.59. The van der Waals surface area contributed by atoms with E-state index in [0.717, 1.165) is 25.3 Å². The zero-order chi connectivity index (χ0) is 12.5. The normalized spacial score (nSPS) is 17.3. The zero-order valence-electron chi connectivity index (χ0n) is 9.17. The van der Waals surface area contributed by atoms with Gasteiger partial charge in [0.15, 0.2) is 0 Å². The fraction of sp³-hybridized carbons (Fsp3) is 0.417. The smallest absolute Gasteiger partial charge is 0.254 e. The first-order chi connectivity index (χ1) is 8.06. The van der Waals surface area contributed by atoms with Crippen LogP contribution in [0.1, 0.15) is 29.6 Å². The van der Waals surface area contributed by atoms with Crippen molar-refractivity contribution in [1.29, 1.82) is 0 Å². The minimum Gasteiger partial charge on any atom is -0.508 e. The van der Waals surface area contributed by atoms with Crippen LogP contribution in [-0.2, 0) is 0 Å². The van der Waals surface area contributed by atoms with Gasteiger partial charge in [0, 0.05) is 11.4 Å². The molecule has 0 radical (unpaired) electrons. The first kappa shape index (κ1) is 12.4. The molecule has 0 aliphatic heterocycles. The van der Waals surface area contributed by atoms with E-state index in [0.29, 0.717) is 5.33 Å². The molecule has 92 valence electrons. The van der Waals surface area contributed by atoms with Crippen LogP contribution >= 0.6 is 15.9 Å². The SMILES string of the molecule is O=C(NC1(CBr)CCC1)c1ccc(O)cc1F. The van der Waals surface area contributed by atoms with Gasteiger partial charge in [-0.05, 0) is 31.4 Å². The number of amides is 1. The molecule has 0 heterocycles. The number of benzene rings is 1. The van der Waals surface area contributed by atoms with Gasteiger partial charge in [-0.15, -0.1) is 0 Å². The van der Waals surface area contributed by atoms with Crippen LogP contribution in [0.25, 0.3) is 0 Å². The lowest BCUT2D eigenvalue weighted by Gasteiger charge is -2.41. The number of alkyl halides is 1. The molecule has 5 heteroatoms. The number of carbonyl (C=O) groups excluding carboxylic acids is 1. The van der Waals surface area contributed by atoms with Crippen molar-refractivity contribution >= 4 is 21.8 Å². The Hall–Kier alpha value is -1.10. The molecule has 17 heavy (non-hydrogen) atoms. The van der Waals surface area contributed by atoms with E-state index < -0.39 is 11.7 Å². The van der Waals surface area contributed by atoms with Crippen LogP contribution in [0, 0.1) is 5.82 Å². The number of phenolic OH excluding ortho intramolecular Hbond substituents is 1. The first-order valence-electron chi connectivity index (χ1n) is 5.43. The van der Waals surface area contributed by atoms with Gasteiger partial charge in [0.25, 0.3) is 5.91 Å². The van der Waals surface area contributed by atoms with Gasteiger partial charge >= 0.3 is 0 Å². The zero-order valence-corrected chi connectivity index (χ0v) is 10.8. The molecule has 2 rings (SSSR count). The van der Waals surface area contributed by atoms with Crippen molar-refractivity contribution in [2.75, 3.05) is 5.33 Å². The number of aromatic hydroxyl groups is 1. The van der Waals surface area contributed by atoms with Crippen molar-refractivity contribution in [2.24, 2.45) is 0 Å². The molecule has 1 saturated carbocycles. The summed E-state index contributed by atoms with van der Waals surface area (Å²) in [6, 6.07) is 3.54. The molecule has 0 unspecified atom stereocenters. The Morgan fingerprint density at radius 2 is 2.24 bits per heavy atom. The molecular formula is C12H13BrFNO2. The van der Waals surface area contributed by atoms with Crippen LogP contribution in [0.15, 0.2) is 18.2 Å². The van der Waals surface area contributed by atoms with Gasteiger partial charge in [-0.1, -0.05) is 15.9 Å². The largest absolute Gasteiger partial charge is 0.508 e. The molecule has 0 bridgehead atoms. The highest BCUT2D eigenvalue weighted by Gasteiger charge is 2.37. The molecule has 0 saturated heterocycles. The summed E-state index contributed by atoms with van der Waals surface area (Å²) in [5.74, 6) is -1.31. The molecule has 0 aromatic heterocycles. The molecule has 0 atom stereocenters. The summed E-state index contributed by atoms with van der Waals surface area (Å²) in [6.45, 7) is 0. The van der Waals surface area contributed by atoms with Crippen molar-refractivity contribution in [3.8, 4) is 5.75 Å². The topological polar surface area (TPSA) is 49.3 Å². The van der Waals surface area contributed by atoms with Gasteiger partial charge in [0.05, 0.1) is 11.1 Å². The highest BCUT2D eigenvalue weighted by Crippen LogP contribution is 2.33. The Morgan fingerprint density at radius 1 is 1.53 bits per heavy atom. The highest BCUT2D eigenvalue weighted by atomic mass is 79.9. The molecule has 1 amide bonds. The molecule has 1 aliphatic rings. The Labute approximate surface area is 107 Å². The third kappa shape index (κ3) is 2.44. The van der Waals surface area contributed by atoms with Gasteiger partial charge in [0.2, 0.25) is 0 Å². The standard InChI is InChI=1S/C12H13BrFNO2/c13-7-12(4-1-5-12)15-11(17)9-3-2-8(16)6-10(9)14/h2-3,6,16H,1,4-5,7H2,(H,15,17). The molecule has 1 aromatic rings. The number of hydrogen-bond acceptors (Lipinski definition) is 2. The van der Waals surface area contributed by atoms with Crippen molar-refractivity contribution in [2.45, 2.75) is 24.8 Å². The maximum absolute atomic E-state index is 13.5. The summed E-state index contributed by atoms with van der Waals surface area (Å²) in [5, 5.41) is 12.6. The molecule has 1 fully saturated rings. The van der Waals surface area contributed by atoms with Crippen LogP contribution in [0.5, 0.6) is 5.75 Å². The minimum atomic E-state index is -0.702. The van der Waals surface area contributed by atoms with Gasteiger partial charge in [-0.25, -0.2) is 4.39 Å². The van der Waals surface area contributed by atoms with E-state index in [4.69, 9.17) is 5.11 Å². The number of halogens is 2. The molecule has 0 spiro atoms. The minimum absolute atomic E-state index is 0.0324. The van der Waals surface area contributed by atoms with E-state index in [1.165, 1.54) is 12.1 Å². The van der Waals surface area contributed by atoms with Crippen molar-refractivity contribution in [1.82, 2.24) is 5.32 Å². The van der Waals surface area contributed by atoms with Crippen molar-refractivity contribution in [3.63, 3.8) is 0 Å². The van der Waals surface area contributed by atoms with E-state index in [2.05, 4.69) is 21.2 Å². The summed E-state index contributed by atoms with van der Waals surface area (Å²) in [7, 11) is 0. The van der Waals surface area contributed by atoms with Crippen LogP contribution in [0.3, 0.4) is 0 Å². The number of phenols is 1. The summed E-state index contributed by atoms with van der Waals surface area (Å²) in [5.41, 5.74) is -0.267. The van der Waals surface area contributed by atoms with Crippen molar-refractivity contribution < 1.29 is 14.3 Å². The van der Waals surface area contributed by atoms with E-state index >= 15 is 0 Å². The Morgan fingerprint density at radius 3 is 2.71 bits per heavy atom. The monoisotopic (exact) mass is 301 g/mol. The Kier molecular flexibility index (Phi) is 3.38. The lowest BCUT2D eigenvalue weighted by Crippen LogP contribution is -2.55. The Balaban J connectivity index is 2.14. The van der Waals surface area contributed by atoms with E-state index in [1.807, 2.05) is 0 Å². The predicted octanol–water partition coefficient (Wildman–Crippen LogP) is 2.58. The summed E-state index contributed by atoms with van der Waals surface area (Å²) >= 11 is 3.37. The summed E-state index contributed by atoms with van der Waals surface area (Å²) in [6.07, 6.45) is 2.89. The molecular weight excluding hydrogens is 289 g/mol. The quantitative estimate of drug-likeness (QED) is 0.843. The lowest BCUT2D eigenvalue weighted by atomic mass is 9.78. The molecule has 3 nitrogen and oxygen atoms in total. The van der Waals surface area contributed by atoms with Crippen LogP contribution in [-0.4, -0.2) is 21.9 Å². The van der Waals surface area contributed by atoms with Crippen LogP contribution in [0.2, 0.25) is 0 Å². The number of hydrogen-bond donors (Lipinski definition) is 2. The fourth-order valence-electron chi connectivity index (χ4n) is 1.89. The third-order valence-corrected chi connectivity index (χ3v) is 4.22. The molecule has 2 N–H and O–H groups in total. The van der Waals surface area contributed by atoms with E-state index in [-0.39, 0.29) is 16.9 Å². The van der Waals surface area contributed by atoms with E-state index in [1.54, 1.807) is 0 Å². The summed E-state index contributed by atoms with van der Waals surface area (Å²) < 4.78 is 13.5. The van der Waals surface area contributed by atoms with Gasteiger partial charge < -0.3 is 10.4 Å². The average molecular weight is 302 g/mol. The second kappa shape index (κ2) is 4.64. The van der Waals surface area contributed by atoms with Crippen LogP contribution < -0.4 is 5.32 Å². The first-order valence-corrected chi connectivity index (χ1v) is 6.55. The third-order valence-electron chi connectivity index (χ3n) is 3.14. The maximum atomic E-state index is 13.5.